The average molecular weight is 446 g/mol. The van der Waals surface area contributed by atoms with Gasteiger partial charge in [-0.15, -0.1) is 0 Å². The second-order valence-corrected chi connectivity index (χ2v) is 9.63. The van der Waals surface area contributed by atoms with Crippen molar-refractivity contribution in [1.82, 2.24) is 9.47 Å². The lowest BCUT2D eigenvalue weighted by molar-refractivity contribution is -0.0451. The molecule has 33 heavy (non-hydrogen) atoms. The van der Waals surface area contributed by atoms with Crippen molar-refractivity contribution < 1.29 is 14.2 Å². The standard InChI is InChI=1S/C27H31N3O3/c1-31-21-6-3-5-20(15-21)17-29-13-10-26(11-14-29)18-27(19-33-26)25-7-4-12-30(25)24-9-8-22(32-2)16-23(24)28-27/h3-9,12,15-16,28H,10-11,13-14,17-19H2,1-2H3. The number of methoxy groups -OCH3 is 2. The van der Waals surface area contributed by atoms with Crippen molar-refractivity contribution >= 4 is 5.69 Å². The maximum atomic E-state index is 6.65. The van der Waals surface area contributed by atoms with Crippen molar-refractivity contribution in [1.29, 1.82) is 0 Å². The lowest BCUT2D eigenvalue weighted by Crippen LogP contribution is -2.46. The van der Waals surface area contributed by atoms with Gasteiger partial charge in [0.15, 0.2) is 0 Å². The first kappa shape index (κ1) is 20.6. The number of nitrogens with one attached hydrogen (secondary N) is 1. The van der Waals surface area contributed by atoms with Crippen LogP contribution in [0.4, 0.5) is 5.69 Å². The lowest BCUT2D eigenvalue weighted by atomic mass is 9.79. The van der Waals surface area contributed by atoms with Gasteiger partial charge < -0.3 is 24.1 Å². The van der Waals surface area contributed by atoms with E-state index in [0.29, 0.717) is 6.61 Å². The quantitative estimate of drug-likeness (QED) is 0.638. The smallest absolute Gasteiger partial charge is 0.121 e. The van der Waals surface area contributed by atoms with E-state index in [9.17, 15) is 0 Å². The molecule has 3 aliphatic heterocycles. The number of benzene rings is 2. The van der Waals surface area contributed by atoms with Gasteiger partial charge in [0.2, 0.25) is 0 Å². The molecule has 2 aromatic carbocycles. The van der Waals surface area contributed by atoms with E-state index in [0.717, 1.165) is 61.8 Å². The Kier molecular flexibility index (Phi) is 4.89. The third kappa shape index (κ3) is 3.49. The molecule has 1 atom stereocenters. The molecule has 3 aliphatic rings. The van der Waals surface area contributed by atoms with Crippen LogP contribution >= 0.6 is 0 Å². The summed E-state index contributed by atoms with van der Waals surface area (Å²) in [5.41, 5.74) is 4.56. The molecular weight excluding hydrogens is 414 g/mol. The highest BCUT2D eigenvalue weighted by Crippen LogP contribution is 2.50. The second-order valence-electron chi connectivity index (χ2n) is 9.63. The molecular formula is C27H31N3O3. The van der Waals surface area contributed by atoms with E-state index in [4.69, 9.17) is 14.2 Å². The zero-order valence-electron chi connectivity index (χ0n) is 19.3. The Hall–Kier alpha value is -2.96. The second kappa shape index (κ2) is 7.82. The molecule has 0 bridgehead atoms. The SMILES string of the molecule is COc1cccc(CN2CCC3(CC2)CC2(CO3)Nc3cc(OC)ccc3-n3cccc32)c1. The van der Waals surface area contributed by atoms with Gasteiger partial charge in [0, 0.05) is 38.3 Å². The van der Waals surface area contributed by atoms with Crippen LogP contribution in [0.5, 0.6) is 11.5 Å². The van der Waals surface area contributed by atoms with E-state index in [1.54, 1.807) is 14.2 Å². The van der Waals surface area contributed by atoms with Crippen LogP contribution in [0.1, 0.15) is 30.5 Å². The van der Waals surface area contributed by atoms with Crippen molar-refractivity contribution in [3.63, 3.8) is 0 Å². The summed E-state index contributed by atoms with van der Waals surface area (Å²) in [4.78, 5) is 2.53. The summed E-state index contributed by atoms with van der Waals surface area (Å²) in [6.45, 7) is 3.72. The van der Waals surface area contributed by atoms with Crippen molar-refractivity contribution in [2.45, 2.75) is 36.9 Å². The number of hydrogen-bond acceptors (Lipinski definition) is 5. The van der Waals surface area contributed by atoms with Gasteiger partial charge >= 0.3 is 0 Å². The van der Waals surface area contributed by atoms with Gasteiger partial charge in [-0.25, -0.2) is 0 Å². The maximum Gasteiger partial charge on any atom is 0.121 e. The first-order chi connectivity index (χ1) is 16.1. The van der Waals surface area contributed by atoms with E-state index in [1.165, 1.54) is 11.3 Å². The van der Waals surface area contributed by atoms with Crippen LogP contribution in [0.15, 0.2) is 60.8 Å². The molecule has 0 radical (unpaired) electrons. The highest BCUT2D eigenvalue weighted by atomic mass is 16.5. The van der Waals surface area contributed by atoms with Crippen LogP contribution in [0.25, 0.3) is 5.69 Å². The summed E-state index contributed by atoms with van der Waals surface area (Å²) >= 11 is 0. The van der Waals surface area contributed by atoms with E-state index in [2.05, 4.69) is 63.4 Å². The van der Waals surface area contributed by atoms with Crippen LogP contribution in [0.2, 0.25) is 0 Å². The average Bonchev–Trinajstić information content (AvgIpc) is 3.48. The zero-order valence-corrected chi connectivity index (χ0v) is 19.3. The Morgan fingerprint density at radius 3 is 2.61 bits per heavy atom. The summed E-state index contributed by atoms with van der Waals surface area (Å²) in [6.07, 6.45) is 5.23. The highest BCUT2D eigenvalue weighted by molar-refractivity contribution is 5.69. The Morgan fingerprint density at radius 2 is 1.79 bits per heavy atom. The van der Waals surface area contributed by atoms with E-state index in [-0.39, 0.29) is 11.1 Å². The zero-order chi connectivity index (χ0) is 22.5. The number of aromatic nitrogens is 1. The molecule has 0 saturated carbocycles. The summed E-state index contributed by atoms with van der Waals surface area (Å²) in [5.74, 6) is 1.79. The van der Waals surface area contributed by atoms with Crippen molar-refractivity contribution in [3.05, 3.63) is 72.1 Å². The molecule has 172 valence electrons. The molecule has 1 unspecified atom stereocenters. The third-order valence-corrected chi connectivity index (χ3v) is 7.63. The number of ether oxygens (including phenoxy) is 3. The van der Waals surface area contributed by atoms with Crippen LogP contribution in [0.3, 0.4) is 0 Å². The Morgan fingerprint density at radius 1 is 0.970 bits per heavy atom. The molecule has 6 heteroatoms. The van der Waals surface area contributed by atoms with Gasteiger partial charge in [0.1, 0.15) is 17.0 Å². The predicted molar refractivity (Wildman–Crippen MR) is 128 cm³/mol. The first-order valence-corrected chi connectivity index (χ1v) is 11.8. The normalized spacial score (nSPS) is 23.2. The van der Waals surface area contributed by atoms with Crippen molar-refractivity contribution in [3.8, 4) is 17.2 Å². The molecule has 2 spiro atoms. The fourth-order valence-corrected chi connectivity index (χ4v) is 5.90. The van der Waals surface area contributed by atoms with Gasteiger partial charge in [-0.2, -0.15) is 0 Å². The van der Waals surface area contributed by atoms with Gasteiger partial charge in [0.25, 0.3) is 0 Å². The Labute approximate surface area is 195 Å². The summed E-state index contributed by atoms with van der Waals surface area (Å²) in [6, 6.07) is 19.0. The minimum Gasteiger partial charge on any atom is -0.497 e. The number of piperidine rings is 1. The van der Waals surface area contributed by atoms with Crippen LogP contribution < -0.4 is 14.8 Å². The van der Waals surface area contributed by atoms with Crippen LogP contribution in [-0.2, 0) is 16.8 Å². The molecule has 3 aromatic rings. The fraction of sp³-hybridized carbons (Fsp3) is 0.407. The van der Waals surface area contributed by atoms with Gasteiger partial charge in [-0.05, 0) is 54.8 Å². The molecule has 6 nitrogen and oxygen atoms in total. The molecule has 1 N–H and O–H groups in total. The van der Waals surface area contributed by atoms with Gasteiger partial charge in [-0.1, -0.05) is 12.1 Å². The number of likely N-dealkylation sites (tertiary alicyclic amines) is 1. The minimum absolute atomic E-state index is 0.0800. The molecule has 2 saturated heterocycles. The summed E-state index contributed by atoms with van der Waals surface area (Å²) in [7, 11) is 3.44. The Balaban J connectivity index is 1.20. The van der Waals surface area contributed by atoms with E-state index >= 15 is 0 Å². The van der Waals surface area contributed by atoms with Crippen molar-refractivity contribution in [2.75, 3.05) is 39.2 Å². The first-order valence-electron chi connectivity index (χ1n) is 11.8. The molecule has 4 heterocycles. The number of anilines is 1. The lowest BCUT2D eigenvalue weighted by Gasteiger charge is -2.41. The topological polar surface area (TPSA) is 47.9 Å². The minimum atomic E-state index is -0.210. The van der Waals surface area contributed by atoms with E-state index < -0.39 is 0 Å². The van der Waals surface area contributed by atoms with Gasteiger partial charge in [0.05, 0.1) is 43.5 Å². The molecule has 1 aromatic heterocycles. The fourth-order valence-electron chi connectivity index (χ4n) is 5.90. The third-order valence-electron chi connectivity index (χ3n) is 7.63. The molecule has 2 fully saturated rings. The number of fused-ring (bicyclic) bond motifs is 4. The molecule has 0 amide bonds. The summed E-state index contributed by atoms with van der Waals surface area (Å²) in [5, 5.41) is 3.87. The summed E-state index contributed by atoms with van der Waals surface area (Å²) < 4.78 is 19.8. The van der Waals surface area contributed by atoms with E-state index in [1.807, 2.05) is 12.1 Å². The maximum absolute atomic E-state index is 6.65. The monoisotopic (exact) mass is 445 g/mol. The molecule has 6 rings (SSSR count). The number of nitrogens with zero attached hydrogens (tertiary/aromatic N) is 2. The number of hydrogen-bond donors (Lipinski definition) is 1. The predicted octanol–water partition coefficient (Wildman–Crippen LogP) is 4.57. The number of rotatable bonds is 4. The highest BCUT2D eigenvalue weighted by Gasteiger charge is 2.53. The Bertz CT molecular complexity index is 1160. The van der Waals surface area contributed by atoms with Crippen LogP contribution in [-0.4, -0.2) is 49.0 Å². The van der Waals surface area contributed by atoms with Crippen molar-refractivity contribution in [2.24, 2.45) is 0 Å². The largest absolute Gasteiger partial charge is 0.497 e. The van der Waals surface area contributed by atoms with Gasteiger partial charge in [-0.3, -0.25) is 4.90 Å². The van der Waals surface area contributed by atoms with Crippen LogP contribution in [0, 0.1) is 0 Å². The molecule has 0 aliphatic carbocycles.